The smallest absolute Gasteiger partial charge is 0.408 e. The molecule has 0 spiro atoms. The molecule has 1 atom stereocenters. The zero-order valence-electron chi connectivity index (χ0n) is 12.8. The number of hydrogen-bond acceptors (Lipinski definition) is 4. The van der Waals surface area contributed by atoms with E-state index in [0.29, 0.717) is 6.42 Å². The number of rotatable bonds is 7. The van der Waals surface area contributed by atoms with Crippen LogP contribution >= 0.6 is 0 Å². The fourth-order valence-corrected chi connectivity index (χ4v) is 2.08. The zero-order valence-corrected chi connectivity index (χ0v) is 12.8. The Morgan fingerprint density at radius 2 is 2.09 bits per heavy atom. The molecule has 1 heterocycles. The van der Waals surface area contributed by atoms with Crippen molar-refractivity contribution in [1.29, 1.82) is 0 Å². The monoisotopic (exact) mass is 317 g/mol. The lowest BCUT2D eigenvalue weighted by molar-refractivity contribution is -0.139. The third kappa shape index (κ3) is 5.14. The second-order valence-electron chi connectivity index (χ2n) is 5.09. The van der Waals surface area contributed by atoms with Crippen molar-refractivity contribution in [3.63, 3.8) is 0 Å². The SMILES string of the molecule is Cn1ccnc1CCC(NC(=O)OCc1ccccc1)C(=O)O. The van der Waals surface area contributed by atoms with Gasteiger partial charge in [0.25, 0.3) is 0 Å². The van der Waals surface area contributed by atoms with Crippen LogP contribution in [0.15, 0.2) is 42.7 Å². The molecule has 122 valence electrons. The highest BCUT2D eigenvalue weighted by Gasteiger charge is 2.21. The van der Waals surface area contributed by atoms with E-state index in [-0.39, 0.29) is 13.0 Å². The first kappa shape index (κ1) is 16.5. The molecule has 0 aliphatic rings. The van der Waals surface area contributed by atoms with E-state index in [9.17, 15) is 14.7 Å². The van der Waals surface area contributed by atoms with Crippen molar-refractivity contribution < 1.29 is 19.4 Å². The molecular weight excluding hydrogens is 298 g/mol. The maximum atomic E-state index is 11.7. The molecule has 0 bridgehead atoms. The van der Waals surface area contributed by atoms with Gasteiger partial charge in [0.05, 0.1) is 0 Å². The summed E-state index contributed by atoms with van der Waals surface area (Å²) in [7, 11) is 1.83. The van der Waals surface area contributed by atoms with E-state index in [2.05, 4.69) is 10.3 Å². The van der Waals surface area contributed by atoms with E-state index in [1.54, 1.807) is 12.4 Å². The molecule has 1 aromatic heterocycles. The number of aryl methyl sites for hydroxylation is 2. The molecule has 7 nitrogen and oxygen atoms in total. The van der Waals surface area contributed by atoms with Gasteiger partial charge in [-0.05, 0) is 12.0 Å². The molecule has 0 fully saturated rings. The van der Waals surface area contributed by atoms with E-state index in [4.69, 9.17) is 4.74 Å². The summed E-state index contributed by atoms with van der Waals surface area (Å²) in [5.74, 6) is -0.341. The molecule has 23 heavy (non-hydrogen) atoms. The number of carbonyl (C=O) groups is 2. The summed E-state index contributed by atoms with van der Waals surface area (Å²) in [6, 6.07) is 8.16. The third-order valence-electron chi connectivity index (χ3n) is 3.38. The van der Waals surface area contributed by atoms with E-state index >= 15 is 0 Å². The minimum atomic E-state index is -1.10. The second-order valence-corrected chi connectivity index (χ2v) is 5.09. The molecular formula is C16H19N3O4. The molecule has 1 unspecified atom stereocenters. The van der Waals surface area contributed by atoms with Gasteiger partial charge in [0, 0.05) is 25.9 Å². The Morgan fingerprint density at radius 3 is 2.70 bits per heavy atom. The number of ether oxygens (including phenoxy) is 1. The van der Waals surface area contributed by atoms with E-state index in [0.717, 1.165) is 11.4 Å². The number of nitrogens with zero attached hydrogens (tertiary/aromatic N) is 2. The van der Waals surface area contributed by atoms with E-state index in [1.165, 1.54) is 0 Å². The van der Waals surface area contributed by atoms with Crippen LogP contribution in [0.1, 0.15) is 17.8 Å². The Morgan fingerprint density at radius 1 is 1.35 bits per heavy atom. The summed E-state index contributed by atoms with van der Waals surface area (Å²) in [4.78, 5) is 27.1. The van der Waals surface area contributed by atoms with Crippen LogP contribution in [0.2, 0.25) is 0 Å². The van der Waals surface area contributed by atoms with Gasteiger partial charge in [-0.25, -0.2) is 14.6 Å². The summed E-state index contributed by atoms with van der Waals surface area (Å²) in [5.41, 5.74) is 0.836. The molecule has 1 amide bonds. The van der Waals surface area contributed by atoms with Crippen LogP contribution in [0, 0.1) is 0 Å². The number of imidazole rings is 1. The molecule has 1 aromatic carbocycles. The van der Waals surface area contributed by atoms with Crippen LogP contribution in [0.25, 0.3) is 0 Å². The van der Waals surface area contributed by atoms with Gasteiger partial charge in [0.2, 0.25) is 0 Å². The number of aromatic nitrogens is 2. The van der Waals surface area contributed by atoms with Crippen LogP contribution in [0.3, 0.4) is 0 Å². The number of aliphatic carboxylic acids is 1. The highest BCUT2D eigenvalue weighted by Crippen LogP contribution is 2.05. The third-order valence-corrected chi connectivity index (χ3v) is 3.38. The lowest BCUT2D eigenvalue weighted by Crippen LogP contribution is -2.41. The highest BCUT2D eigenvalue weighted by molar-refractivity contribution is 5.79. The molecule has 2 N–H and O–H groups in total. The topological polar surface area (TPSA) is 93.5 Å². The van der Waals surface area contributed by atoms with Gasteiger partial charge in [-0.15, -0.1) is 0 Å². The number of benzene rings is 1. The molecule has 0 saturated carbocycles. The first-order valence-electron chi connectivity index (χ1n) is 7.22. The number of carbonyl (C=O) groups excluding carboxylic acids is 1. The van der Waals surface area contributed by atoms with Crippen molar-refractivity contribution in [3.05, 3.63) is 54.1 Å². The maximum absolute atomic E-state index is 11.7. The summed E-state index contributed by atoms with van der Waals surface area (Å²) >= 11 is 0. The summed E-state index contributed by atoms with van der Waals surface area (Å²) in [6.07, 6.45) is 3.36. The van der Waals surface area contributed by atoms with Crippen LogP contribution in [0.4, 0.5) is 4.79 Å². The molecule has 0 aliphatic carbocycles. The predicted molar refractivity (Wildman–Crippen MR) is 82.7 cm³/mol. The number of hydrogen-bond donors (Lipinski definition) is 2. The van der Waals surface area contributed by atoms with Crippen LogP contribution in [0.5, 0.6) is 0 Å². The summed E-state index contributed by atoms with van der Waals surface area (Å²) in [6.45, 7) is 0.0956. The lowest BCUT2D eigenvalue weighted by Gasteiger charge is -2.14. The van der Waals surface area contributed by atoms with Crippen LogP contribution < -0.4 is 5.32 Å². The minimum Gasteiger partial charge on any atom is -0.480 e. The average molecular weight is 317 g/mol. The summed E-state index contributed by atoms with van der Waals surface area (Å²) < 4.78 is 6.85. The van der Waals surface area contributed by atoms with Gasteiger partial charge < -0.3 is 19.7 Å². The fraction of sp³-hybridized carbons (Fsp3) is 0.312. The lowest BCUT2D eigenvalue weighted by atomic mass is 10.1. The Hall–Kier alpha value is -2.83. The number of carboxylic acid groups (broad SMARTS) is 1. The van der Waals surface area contributed by atoms with Gasteiger partial charge >= 0.3 is 12.1 Å². The Balaban J connectivity index is 1.82. The molecule has 7 heteroatoms. The van der Waals surface area contributed by atoms with Crippen molar-refractivity contribution >= 4 is 12.1 Å². The van der Waals surface area contributed by atoms with Crippen molar-refractivity contribution in [3.8, 4) is 0 Å². The normalized spacial score (nSPS) is 11.7. The van der Waals surface area contributed by atoms with Gasteiger partial charge in [-0.1, -0.05) is 30.3 Å². The number of carboxylic acids is 1. The average Bonchev–Trinajstić information content (AvgIpc) is 2.95. The molecule has 2 rings (SSSR count). The number of nitrogens with one attached hydrogen (secondary N) is 1. The quantitative estimate of drug-likeness (QED) is 0.811. The minimum absolute atomic E-state index is 0.0956. The standard InChI is InChI=1S/C16H19N3O4/c1-19-10-9-17-14(19)8-7-13(15(20)21)18-16(22)23-11-12-5-3-2-4-6-12/h2-6,9-10,13H,7-8,11H2,1H3,(H,18,22)(H,20,21). The first-order chi connectivity index (χ1) is 11.1. The van der Waals surface area contributed by atoms with Crippen molar-refractivity contribution in [1.82, 2.24) is 14.9 Å². The maximum Gasteiger partial charge on any atom is 0.408 e. The Kier molecular flexibility index (Phi) is 5.74. The Bertz CT molecular complexity index is 654. The molecule has 0 aliphatic heterocycles. The van der Waals surface area contributed by atoms with Gasteiger partial charge in [-0.2, -0.15) is 0 Å². The van der Waals surface area contributed by atoms with E-state index in [1.807, 2.05) is 41.9 Å². The van der Waals surface area contributed by atoms with Gasteiger partial charge in [0.1, 0.15) is 18.5 Å². The van der Waals surface area contributed by atoms with Crippen LogP contribution in [-0.4, -0.2) is 32.8 Å². The van der Waals surface area contributed by atoms with Gasteiger partial charge in [-0.3, -0.25) is 0 Å². The fourth-order valence-electron chi connectivity index (χ4n) is 2.08. The van der Waals surface area contributed by atoms with E-state index < -0.39 is 18.1 Å². The Labute approximate surface area is 133 Å². The predicted octanol–water partition coefficient (Wildman–Crippen LogP) is 1.73. The molecule has 0 radical (unpaired) electrons. The zero-order chi connectivity index (χ0) is 16.7. The molecule has 2 aromatic rings. The van der Waals surface area contributed by atoms with Crippen LogP contribution in [-0.2, 0) is 29.6 Å². The largest absolute Gasteiger partial charge is 0.480 e. The number of alkyl carbamates (subject to hydrolysis) is 1. The second kappa shape index (κ2) is 7.98. The highest BCUT2D eigenvalue weighted by atomic mass is 16.5. The first-order valence-corrected chi connectivity index (χ1v) is 7.22. The van der Waals surface area contributed by atoms with Crippen molar-refractivity contribution in [2.24, 2.45) is 7.05 Å². The van der Waals surface area contributed by atoms with Crippen molar-refractivity contribution in [2.45, 2.75) is 25.5 Å². The molecule has 0 saturated heterocycles. The van der Waals surface area contributed by atoms with Crippen molar-refractivity contribution in [2.75, 3.05) is 0 Å². The summed E-state index contributed by atoms with van der Waals surface area (Å²) in [5, 5.41) is 11.6. The number of amides is 1. The van der Waals surface area contributed by atoms with Gasteiger partial charge in [0.15, 0.2) is 0 Å².